The first-order valence-corrected chi connectivity index (χ1v) is 6.98. The first kappa shape index (κ1) is 17.6. The number of benzene rings is 1. The summed E-state index contributed by atoms with van der Waals surface area (Å²) in [5, 5.41) is 8.52. The first-order valence-electron chi connectivity index (χ1n) is 6.98. The van der Waals surface area contributed by atoms with E-state index < -0.39 is 0 Å². The molecule has 0 unspecified atom stereocenters. The summed E-state index contributed by atoms with van der Waals surface area (Å²) in [4.78, 5) is 10.3. The van der Waals surface area contributed by atoms with E-state index in [1.54, 1.807) is 0 Å². The van der Waals surface area contributed by atoms with Crippen LogP contribution in [0.4, 0.5) is 0 Å². The van der Waals surface area contributed by atoms with Gasteiger partial charge in [-0.1, -0.05) is 56.5 Å². The summed E-state index contributed by atoms with van der Waals surface area (Å²) >= 11 is 0. The average Bonchev–Trinajstić information content (AvgIpc) is 2.40. The van der Waals surface area contributed by atoms with E-state index in [2.05, 4.69) is 6.92 Å². The Morgan fingerprint density at radius 1 is 1.16 bits per heavy atom. The highest BCUT2D eigenvalue weighted by atomic mass is 16.5. The van der Waals surface area contributed by atoms with Gasteiger partial charge in [-0.15, -0.1) is 0 Å². The van der Waals surface area contributed by atoms with Crippen molar-refractivity contribution in [1.82, 2.24) is 0 Å². The number of aliphatic hydroxyl groups is 1. The van der Waals surface area contributed by atoms with Crippen molar-refractivity contribution in [2.45, 2.75) is 46.0 Å². The molecule has 1 aromatic rings. The zero-order valence-electron chi connectivity index (χ0n) is 12.1. The number of rotatable bonds is 7. The monoisotopic (exact) mass is 266 g/mol. The molecule has 0 atom stereocenters. The lowest BCUT2D eigenvalue weighted by Gasteiger charge is -1.99. The molecule has 108 valence electrons. The van der Waals surface area contributed by atoms with Gasteiger partial charge in [-0.05, 0) is 18.4 Å². The molecule has 0 radical (unpaired) electrons. The number of hydrogen-bond donors (Lipinski definition) is 1. The third-order valence-corrected chi connectivity index (χ3v) is 2.55. The average molecular weight is 266 g/mol. The summed E-state index contributed by atoms with van der Waals surface area (Å²) in [6.07, 6.45) is 5.40. The molecular weight excluding hydrogens is 240 g/mol. The van der Waals surface area contributed by atoms with Crippen molar-refractivity contribution < 1.29 is 14.6 Å². The van der Waals surface area contributed by atoms with Crippen molar-refractivity contribution in [3.63, 3.8) is 0 Å². The summed E-state index contributed by atoms with van der Waals surface area (Å²) in [7, 11) is 0. The van der Waals surface area contributed by atoms with Crippen LogP contribution in [0.15, 0.2) is 30.3 Å². The van der Waals surface area contributed by atoms with Gasteiger partial charge in [0.15, 0.2) is 0 Å². The lowest BCUT2D eigenvalue weighted by Crippen LogP contribution is -1.99. The van der Waals surface area contributed by atoms with Crippen molar-refractivity contribution >= 4 is 5.97 Å². The molecule has 3 nitrogen and oxygen atoms in total. The Balaban J connectivity index is 0.000000342. The molecule has 0 aliphatic rings. The van der Waals surface area contributed by atoms with Gasteiger partial charge in [-0.3, -0.25) is 4.79 Å². The minimum Gasteiger partial charge on any atom is -0.466 e. The number of esters is 1. The molecule has 0 heterocycles. The number of aliphatic hydroxyl groups excluding tert-OH is 1. The van der Waals surface area contributed by atoms with Gasteiger partial charge < -0.3 is 9.84 Å². The smallest absolute Gasteiger partial charge is 0.302 e. The number of ether oxygens (including phenoxy) is 1. The van der Waals surface area contributed by atoms with E-state index in [4.69, 9.17) is 9.84 Å². The summed E-state index contributed by atoms with van der Waals surface area (Å²) in [5.41, 5.74) is 1.19. The van der Waals surface area contributed by atoms with Crippen LogP contribution in [0.5, 0.6) is 0 Å². The van der Waals surface area contributed by atoms with Crippen molar-refractivity contribution in [3.05, 3.63) is 35.9 Å². The fourth-order valence-corrected chi connectivity index (χ4v) is 1.52. The Hall–Kier alpha value is -1.35. The Morgan fingerprint density at radius 3 is 2.37 bits per heavy atom. The summed E-state index contributed by atoms with van der Waals surface area (Å²) < 4.78 is 4.75. The van der Waals surface area contributed by atoms with E-state index in [1.165, 1.54) is 31.7 Å². The minimum atomic E-state index is -0.170. The third-order valence-electron chi connectivity index (χ3n) is 2.55. The van der Waals surface area contributed by atoms with E-state index in [0.717, 1.165) is 12.8 Å². The van der Waals surface area contributed by atoms with Gasteiger partial charge in [0.05, 0.1) is 6.61 Å². The maximum absolute atomic E-state index is 10.3. The number of unbranched alkanes of at least 4 members (excludes halogenated alkanes) is 3. The van der Waals surface area contributed by atoms with Crippen LogP contribution in [0.25, 0.3) is 0 Å². The molecule has 0 fully saturated rings. The predicted molar refractivity (Wildman–Crippen MR) is 78.0 cm³/mol. The maximum atomic E-state index is 10.3. The van der Waals surface area contributed by atoms with Crippen molar-refractivity contribution in [2.24, 2.45) is 0 Å². The van der Waals surface area contributed by atoms with Crippen molar-refractivity contribution in [1.29, 1.82) is 0 Å². The zero-order valence-corrected chi connectivity index (χ0v) is 12.1. The number of carbonyl (C=O) groups is 1. The van der Waals surface area contributed by atoms with Crippen LogP contribution in [0.2, 0.25) is 0 Å². The second-order valence-electron chi connectivity index (χ2n) is 4.36. The number of carbonyl (C=O) groups excluding carboxylic acids is 1. The van der Waals surface area contributed by atoms with Crippen LogP contribution < -0.4 is 0 Å². The molecule has 0 amide bonds. The van der Waals surface area contributed by atoms with E-state index in [0.29, 0.717) is 6.61 Å². The molecule has 0 aliphatic heterocycles. The Kier molecular flexibility index (Phi) is 12.2. The fraction of sp³-hybridized carbons (Fsp3) is 0.562. The molecule has 1 aromatic carbocycles. The molecule has 0 spiro atoms. The van der Waals surface area contributed by atoms with Crippen LogP contribution in [-0.2, 0) is 16.0 Å². The van der Waals surface area contributed by atoms with E-state index in [-0.39, 0.29) is 12.6 Å². The third kappa shape index (κ3) is 12.9. The molecule has 19 heavy (non-hydrogen) atoms. The van der Waals surface area contributed by atoms with Gasteiger partial charge in [0.25, 0.3) is 0 Å². The largest absolute Gasteiger partial charge is 0.466 e. The SMILES string of the molecule is CCCCCCOC(C)=O.OCCc1ccccc1. The molecule has 0 aromatic heterocycles. The quantitative estimate of drug-likeness (QED) is 0.608. The van der Waals surface area contributed by atoms with Crippen LogP contribution in [0.1, 0.15) is 45.1 Å². The highest BCUT2D eigenvalue weighted by Gasteiger charge is 1.91. The standard InChI is InChI=1S/C8H16O2.C8H10O/c1-3-4-5-6-7-10-8(2)9;9-7-6-8-4-2-1-3-5-8/h3-7H2,1-2H3;1-5,9H,6-7H2. The first-order chi connectivity index (χ1) is 9.20. The Labute approximate surface area is 116 Å². The molecular formula is C16H26O3. The van der Waals surface area contributed by atoms with Crippen LogP contribution in [0, 0.1) is 0 Å². The van der Waals surface area contributed by atoms with Gasteiger partial charge in [0, 0.05) is 13.5 Å². The van der Waals surface area contributed by atoms with Crippen LogP contribution in [-0.4, -0.2) is 24.3 Å². The predicted octanol–water partition coefficient (Wildman–Crippen LogP) is 3.35. The van der Waals surface area contributed by atoms with Gasteiger partial charge in [-0.25, -0.2) is 0 Å². The second-order valence-corrected chi connectivity index (χ2v) is 4.36. The molecule has 0 bridgehead atoms. The minimum absolute atomic E-state index is 0.170. The summed E-state index contributed by atoms with van der Waals surface area (Å²) in [6, 6.07) is 9.95. The molecule has 0 aliphatic carbocycles. The van der Waals surface area contributed by atoms with Crippen molar-refractivity contribution in [3.8, 4) is 0 Å². The lowest BCUT2D eigenvalue weighted by molar-refractivity contribution is -0.141. The Bertz CT molecular complexity index is 309. The topological polar surface area (TPSA) is 46.5 Å². The lowest BCUT2D eigenvalue weighted by atomic mass is 10.2. The van der Waals surface area contributed by atoms with E-state index in [9.17, 15) is 4.79 Å². The molecule has 3 heteroatoms. The molecule has 0 saturated heterocycles. The van der Waals surface area contributed by atoms with Gasteiger partial charge in [0.2, 0.25) is 0 Å². The molecule has 1 rings (SSSR count). The normalized spacial score (nSPS) is 9.42. The Morgan fingerprint density at radius 2 is 1.84 bits per heavy atom. The van der Waals surface area contributed by atoms with E-state index >= 15 is 0 Å². The van der Waals surface area contributed by atoms with Gasteiger partial charge in [-0.2, -0.15) is 0 Å². The summed E-state index contributed by atoms with van der Waals surface area (Å²) in [6.45, 7) is 4.44. The van der Waals surface area contributed by atoms with Gasteiger partial charge >= 0.3 is 5.97 Å². The molecule has 1 N–H and O–H groups in total. The zero-order chi connectivity index (χ0) is 14.3. The highest BCUT2D eigenvalue weighted by Crippen LogP contribution is 1.98. The second kappa shape index (κ2) is 13.1. The highest BCUT2D eigenvalue weighted by molar-refractivity contribution is 5.65. The maximum Gasteiger partial charge on any atom is 0.302 e. The van der Waals surface area contributed by atoms with Gasteiger partial charge in [0.1, 0.15) is 0 Å². The number of hydrogen-bond acceptors (Lipinski definition) is 3. The molecule has 0 saturated carbocycles. The fourth-order valence-electron chi connectivity index (χ4n) is 1.52. The van der Waals surface area contributed by atoms with Crippen molar-refractivity contribution in [2.75, 3.05) is 13.2 Å². The summed E-state index contributed by atoms with van der Waals surface area (Å²) in [5.74, 6) is -0.170. The van der Waals surface area contributed by atoms with Crippen LogP contribution >= 0.6 is 0 Å². The van der Waals surface area contributed by atoms with Crippen LogP contribution in [0.3, 0.4) is 0 Å². The van der Waals surface area contributed by atoms with E-state index in [1.807, 2.05) is 30.3 Å².